The zero-order chi connectivity index (χ0) is 15.4. The maximum atomic E-state index is 13.1. The van der Waals surface area contributed by atoms with Crippen molar-refractivity contribution in [2.24, 2.45) is 0 Å². The summed E-state index contributed by atoms with van der Waals surface area (Å²) in [6, 6.07) is 9.81. The van der Waals surface area contributed by atoms with Crippen LogP contribution in [0.25, 0.3) is 0 Å². The van der Waals surface area contributed by atoms with Crippen molar-refractivity contribution in [2.75, 3.05) is 5.73 Å². The van der Waals surface area contributed by atoms with Crippen molar-refractivity contribution < 1.29 is 13.6 Å². The Kier molecular flexibility index (Phi) is 4.52. The zero-order valence-corrected chi connectivity index (χ0v) is 11.6. The minimum atomic E-state index is -0.550. The largest absolute Gasteiger partial charge is 0.396 e. The third-order valence-electron chi connectivity index (χ3n) is 3.09. The van der Waals surface area contributed by atoms with Crippen LogP contribution in [0, 0.1) is 11.6 Å². The molecule has 3 N–H and O–H groups in total. The highest BCUT2D eigenvalue weighted by molar-refractivity contribution is 5.95. The molecule has 1 amide bonds. The van der Waals surface area contributed by atoms with Crippen LogP contribution >= 0.6 is 0 Å². The monoisotopic (exact) mass is 290 g/mol. The number of hydrogen-bond donors (Lipinski definition) is 2. The van der Waals surface area contributed by atoms with Crippen LogP contribution < -0.4 is 11.1 Å². The fourth-order valence-corrected chi connectivity index (χ4v) is 2.02. The number of rotatable bonds is 4. The summed E-state index contributed by atoms with van der Waals surface area (Å²) in [7, 11) is 0. The minimum absolute atomic E-state index is 0.0613. The van der Waals surface area contributed by atoms with Crippen molar-refractivity contribution in [1.29, 1.82) is 0 Å². The van der Waals surface area contributed by atoms with E-state index in [0.717, 1.165) is 11.6 Å². The number of hydrogen-bond acceptors (Lipinski definition) is 2. The van der Waals surface area contributed by atoms with E-state index >= 15 is 0 Å². The standard InChI is InChI=1S/C16H16F2N2O/c1-10(8-11-2-5-13(17)6-3-11)20-16(21)12-4-7-14(18)15(19)9-12/h2-7,9-10H,8,19H2,1H3,(H,20,21). The molecule has 2 aromatic rings. The molecule has 0 aromatic heterocycles. The first-order valence-electron chi connectivity index (χ1n) is 6.56. The van der Waals surface area contributed by atoms with Gasteiger partial charge in [0.05, 0.1) is 5.69 Å². The van der Waals surface area contributed by atoms with Gasteiger partial charge in [-0.25, -0.2) is 8.78 Å². The van der Waals surface area contributed by atoms with E-state index in [0.29, 0.717) is 12.0 Å². The van der Waals surface area contributed by atoms with E-state index in [9.17, 15) is 13.6 Å². The molecular formula is C16H16F2N2O. The van der Waals surface area contributed by atoms with Crippen molar-refractivity contribution in [3.63, 3.8) is 0 Å². The molecule has 0 heterocycles. The summed E-state index contributed by atoms with van der Waals surface area (Å²) in [6.07, 6.45) is 0.572. The number of amides is 1. The van der Waals surface area contributed by atoms with Gasteiger partial charge in [0.2, 0.25) is 0 Å². The Morgan fingerprint density at radius 2 is 1.86 bits per heavy atom. The Morgan fingerprint density at radius 1 is 1.19 bits per heavy atom. The summed E-state index contributed by atoms with van der Waals surface area (Å²) < 4.78 is 25.9. The van der Waals surface area contributed by atoms with E-state index < -0.39 is 5.82 Å². The molecule has 1 atom stereocenters. The van der Waals surface area contributed by atoms with Crippen LogP contribution in [-0.4, -0.2) is 11.9 Å². The molecule has 0 saturated heterocycles. The lowest BCUT2D eigenvalue weighted by atomic mass is 10.1. The number of halogens is 2. The van der Waals surface area contributed by atoms with E-state index in [1.807, 2.05) is 6.92 Å². The number of carbonyl (C=O) groups is 1. The van der Waals surface area contributed by atoms with Crippen LogP contribution in [0.4, 0.5) is 14.5 Å². The lowest BCUT2D eigenvalue weighted by molar-refractivity contribution is 0.0940. The SMILES string of the molecule is CC(Cc1ccc(F)cc1)NC(=O)c1ccc(F)c(N)c1. The molecular weight excluding hydrogens is 274 g/mol. The van der Waals surface area contributed by atoms with Gasteiger partial charge in [-0.3, -0.25) is 4.79 Å². The molecule has 0 bridgehead atoms. The normalized spacial score (nSPS) is 12.0. The molecule has 0 spiro atoms. The second-order valence-corrected chi connectivity index (χ2v) is 4.94. The third-order valence-corrected chi connectivity index (χ3v) is 3.09. The van der Waals surface area contributed by atoms with E-state index in [-0.39, 0.29) is 23.5 Å². The van der Waals surface area contributed by atoms with Gasteiger partial charge < -0.3 is 11.1 Å². The maximum absolute atomic E-state index is 13.1. The third kappa shape index (κ3) is 4.02. The van der Waals surface area contributed by atoms with Gasteiger partial charge in [-0.15, -0.1) is 0 Å². The van der Waals surface area contributed by atoms with Gasteiger partial charge in [0, 0.05) is 11.6 Å². The molecule has 3 nitrogen and oxygen atoms in total. The fraction of sp³-hybridized carbons (Fsp3) is 0.188. The lowest BCUT2D eigenvalue weighted by Crippen LogP contribution is -2.34. The zero-order valence-electron chi connectivity index (χ0n) is 11.6. The summed E-state index contributed by atoms with van der Waals surface area (Å²) in [5, 5.41) is 2.80. The molecule has 0 aliphatic heterocycles. The maximum Gasteiger partial charge on any atom is 0.251 e. The van der Waals surface area contributed by atoms with E-state index in [1.165, 1.54) is 24.3 Å². The van der Waals surface area contributed by atoms with Crippen LogP contribution in [-0.2, 0) is 6.42 Å². The highest BCUT2D eigenvalue weighted by Gasteiger charge is 2.12. The van der Waals surface area contributed by atoms with E-state index in [1.54, 1.807) is 12.1 Å². The molecule has 0 fully saturated rings. The summed E-state index contributed by atoms with van der Waals surface area (Å²) in [5.41, 5.74) is 6.60. The van der Waals surface area contributed by atoms with Crippen molar-refractivity contribution in [2.45, 2.75) is 19.4 Å². The van der Waals surface area contributed by atoms with Crippen LogP contribution in [0.1, 0.15) is 22.8 Å². The van der Waals surface area contributed by atoms with Crippen molar-refractivity contribution in [3.05, 3.63) is 65.2 Å². The number of anilines is 1. The van der Waals surface area contributed by atoms with Crippen LogP contribution in [0.15, 0.2) is 42.5 Å². The van der Waals surface area contributed by atoms with Crippen LogP contribution in [0.2, 0.25) is 0 Å². The number of nitrogens with one attached hydrogen (secondary N) is 1. The van der Waals surface area contributed by atoms with Crippen molar-refractivity contribution in [1.82, 2.24) is 5.32 Å². The molecule has 110 valence electrons. The topological polar surface area (TPSA) is 55.1 Å². The quantitative estimate of drug-likeness (QED) is 0.851. The molecule has 1 unspecified atom stereocenters. The number of carbonyl (C=O) groups excluding carboxylic acids is 1. The van der Waals surface area contributed by atoms with Gasteiger partial charge in [-0.05, 0) is 49.2 Å². The Hall–Kier alpha value is -2.43. The first kappa shape index (κ1) is 15.0. The Bertz CT molecular complexity index is 641. The minimum Gasteiger partial charge on any atom is -0.396 e. The van der Waals surface area contributed by atoms with E-state index in [4.69, 9.17) is 5.73 Å². The van der Waals surface area contributed by atoms with Gasteiger partial charge in [0.25, 0.3) is 5.91 Å². The molecule has 0 saturated carbocycles. The second-order valence-electron chi connectivity index (χ2n) is 4.94. The van der Waals surface area contributed by atoms with Crippen LogP contribution in [0.3, 0.4) is 0 Å². The molecule has 2 rings (SSSR count). The first-order valence-corrected chi connectivity index (χ1v) is 6.56. The summed E-state index contributed by atoms with van der Waals surface area (Å²) in [5.74, 6) is -1.17. The summed E-state index contributed by atoms with van der Waals surface area (Å²) >= 11 is 0. The molecule has 2 aromatic carbocycles. The second kappa shape index (κ2) is 6.35. The van der Waals surface area contributed by atoms with Gasteiger partial charge in [-0.1, -0.05) is 12.1 Å². The Morgan fingerprint density at radius 3 is 2.48 bits per heavy atom. The fourth-order valence-electron chi connectivity index (χ4n) is 2.02. The van der Waals surface area contributed by atoms with Crippen molar-refractivity contribution >= 4 is 11.6 Å². The first-order chi connectivity index (χ1) is 9.95. The van der Waals surface area contributed by atoms with E-state index in [2.05, 4.69) is 5.32 Å². The summed E-state index contributed by atoms with van der Waals surface area (Å²) in [4.78, 5) is 12.0. The Labute approximate surface area is 121 Å². The highest BCUT2D eigenvalue weighted by atomic mass is 19.1. The van der Waals surface area contributed by atoms with Gasteiger partial charge in [-0.2, -0.15) is 0 Å². The average Bonchev–Trinajstić information content (AvgIpc) is 2.44. The van der Waals surface area contributed by atoms with Crippen LogP contribution in [0.5, 0.6) is 0 Å². The highest BCUT2D eigenvalue weighted by Crippen LogP contribution is 2.13. The Balaban J connectivity index is 1.98. The van der Waals surface area contributed by atoms with Gasteiger partial charge in [0.15, 0.2) is 0 Å². The predicted molar refractivity (Wildman–Crippen MR) is 77.8 cm³/mol. The number of nitrogens with two attached hydrogens (primary N) is 1. The average molecular weight is 290 g/mol. The molecule has 5 heteroatoms. The molecule has 0 aliphatic carbocycles. The van der Waals surface area contributed by atoms with Gasteiger partial charge in [0.1, 0.15) is 11.6 Å². The predicted octanol–water partition coefficient (Wildman–Crippen LogP) is 2.91. The molecule has 0 aliphatic rings. The molecule has 0 radical (unpaired) electrons. The number of nitrogen functional groups attached to an aromatic ring is 1. The smallest absolute Gasteiger partial charge is 0.251 e. The van der Waals surface area contributed by atoms with Crippen molar-refractivity contribution in [3.8, 4) is 0 Å². The summed E-state index contributed by atoms with van der Waals surface area (Å²) in [6.45, 7) is 1.84. The molecule has 21 heavy (non-hydrogen) atoms. The number of benzene rings is 2. The van der Waals surface area contributed by atoms with Gasteiger partial charge >= 0.3 is 0 Å². The lowest BCUT2D eigenvalue weighted by Gasteiger charge is -2.14.